The number of hydrogen-bond acceptors (Lipinski definition) is 7. The molecule has 0 saturated carbocycles. The summed E-state index contributed by atoms with van der Waals surface area (Å²) < 4.78 is 15.7. The van der Waals surface area contributed by atoms with Gasteiger partial charge >= 0.3 is 5.97 Å². The van der Waals surface area contributed by atoms with E-state index in [0.717, 1.165) is 30.7 Å². The van der Waals surface area contributed by atoms with Crippen molar-refractivity contribution in [3.63, 3.8) is 0 Å². The summed E-state index contributed by atoms with van der Waals surface area (Å²) in [6, 6.07) is 7.54. The van der Waals surface area contributed by atoms with Crippen LogP contribution in [0, 0.1) is 5.92 Å². The average molecular weight is 345 g/mol. The van der Waals surface area contributed by atoms with Crippen molar-refractivity contribution in [2.75, 3.05) is 26.8 Å². The lowest BCUT2D eigenvalue weighted by Crippen LogP contribution is -2.39. The minimum Gasteiger partial charge on any atom is -0.497 e. The molecular formula is C18H23N3O4. The van der Waals surface area contributed by atoms with E-state index in [2.05, 4.69) is 15.0 Å². The van der Waals surface area contributed by atoms with Crippen LogP contribution < -0.4 is 4.74 Å². The van der Waals surface area contributed by atoms with Gasteiger partial charge in [-0.2, -0.15) is 4.98 Å². The lowest BCUT2D eigenvalue weighted by atomic mass is 9.98. The maximum absolute atomic E-state index is 11.9. The van der Waals surface area contributed by atoms with Crippen molar-refractivity contribution < 1.29 is 18.8 Å². The number of carbonyl (C=O) groups excluding carboxylic acids is 1. The monoisotopic (exact) mass is 345 g/mol. The third-order valence-corrected chi connectivity index (χ3v) is 4.28. The van der Waals surface area contributed by atoms with Gasteiger partial charge in [-0.15, -0.1) is 0 Å². The van der Waals surface area contributed by atoms with Gasteiger partial charge in [0.05, 0.1) is 26.2 Å². The van der Waals surface area contributed by atoms with Crippen LogP contribution in [0.2, 0.25) is 0 Å². The van der Waals surface area contributed by atoms with Gasteiger partial charge < -0.3 is 14.0 Å². The molecule has 7 heteroatoms. The number of esters is 1. The van der Waals surface area contributed by atoms with E-state index < -0.39 is 0 Å². The molecule has 0 aliphatic carbocycles. The number of ether oxygens (including phenoxy) is 2. The normalized spacial score (nSPS) is 18.1. The quantitative estimate of drug-likeness (QED) is 0.744. The predicted molar refractivity (Wildman–Crippen MR) is 90.9 cm³/mol. The van der Waals surface area contributed by atoms with E-state index in [1.165, 1.54) is 0 Å². The van der Waals surface area contributed by atoms with Crippen molar-refractivity contribution >= 4 is 5.97 Å². The van der Waals surface area contributed by atoms with Crippen LogP contribution in [-0.2, 0) is 16.1 Å². The first-order valence-electron chi connectivity index (χ1n) is 8.55. The third kappa shape index (κ3) is 4.36. The molecule has 1 saturated heterocycles. The molecule has 1 aliphatic heterocycles. The molecule has 0 bridgehead atoms. The van der Waals surface area contributed by atoms with E-state index in [-0.39, 0.29) is 11.9 Å². The van der Waals surface area contributed by atoms with Crippen LogP contribution in [0.3, 0.4) is 0 Å². The molecule has 2 aromatic rings. The van der Waals surface area contributed by atoms with Gasteiger partial charge in [0.25, 0.3) is 0 Å². The van der Waals surface area contributed by atoms with Gasteiger partial charge in [-0.05, 0) is 38.4 Å². The number of aromatic nitrogens is 2. The molecule has 1 atom stereocenters. The van der Waals surface area contributed by atoms with E-state index >= 15 is 0 Å². The highest BCUT2D eigenvalue weighted by molar-refractivity contribution is 5.72. The van der Waals surface area contributed by atoms with Gasteiger partial charge in [0.15, 0.2) is 0 Å². The summed E-state index contributed by atoms with van der Waals surface area (Å²) in [5.41, 5.74) is 0.845. The van der Waals surface area contributed by atoms with Gasteiger partial charge in [-0.25, -0.2) is 0 Å². The van der Waals surface area contributed by atoms with Crippen LogP contribution in [0.25, 0.3) is 11.4 Å². The van der Waals surface area contributed by atoms with E-state index in [4.69, 9.17) is 14.0 Å². The number of nitrogens with zero attached hydrogens (tertiary/aromatic N) is 3. The van der Waals surface area contributed by atoms with Crippen LogP contribution in [-0.4, -0.2) is 47.8 Å². The molecule has 3 rings (SSSR count). The summed E-state index contributed by atoms with van der Waals surface area (Å²) >= 11 is 0. The number of benzene rings is 1. The second kappa shape index (κ2) is 8.11. The van der Waals surface area contributed by atoms with Gasteiger partial charge in [0, 0.05) is 12.1 Å². The van der Waals surface area contributed by atoms with Crippen molar-refractivity contribution in [3.05, 3.63) is 30.2 Å². The molecule has 1 fully saturated rings. The van der Waals surface area contributed by atoms with Crippen molar-refractivity contribution in [2.24, 2.45) is 5.92 Å². The molecule has 134 valence electrons. The maximum atomic E-state index is 11.9. The highest BCUT2D eigenvalue weighted by atomic mass is 16.5. The summed E-state index contributed by atoms with van der Waals surface area (Å²) in [7, 11) is 1.62. The molecule has 25 heavy (non-hydrogen) atoms. The fourth-order valence-electron chi connectivity index (χ4n) is 3.04. The van der Waals surface area contributed by atoms with Gasteiger partial charge in [0.2, 0.25) is 11.7 Å². The zero-order valence-electron chi connectivity index (χ0n) is 14.6. The molecule has 2 heterocycles. The molecule has 1 unspecified atom stereocenters. The van der Waals surface area contributed by atoms with Crippen molar-refractivity contribution in [1.29, 1.82) is 0 Å². The van der Waals surface area contributed by atoms with E-state index in [1.54, 1.807) is 7.11 Å². The standard InChI is InChI=1S/C18H23N3O4/c1-3-24-18(22)14-7-5-9-21(11-14)12-16-19-17(20-25-16)13-6-4-8-15(10-13)23-2/h4,6,8,10,14H,3,5,7,9,11-12H2,1-2H3. The molecule has 1 aromatic carbocycles. The summed E-state index contributed by atoms with van der Waals surface area (Å²) in [4.78, 5) is 18.6. The third-order valence-electron chi connectivity index (χ3n) is 4.28. The number of rotatable bonds is 6. The summed E-state index contributed by atoms with van der Waals surface area (Å²) in [6.45, 7) is 4.36. The largest absolute Gasteiger partial charge is 0.497 e. The summed E-state index contributed by atoms with van der Waals surface area (Å²) in [6.07, 6.45) is 1.83. The summed E-state index contributed by atoms with van der Waals surface area (Å²) in [5.74, 6) is 1.64. The van der Waals surface area contributed by atoms with E-state index in [1.807, 2.05) is 31.2 Å². The Kier molecular flexibility index (Phi) is 5.65. The van der Waals surface area contributed by atoms with Crippen LogP contribution >= 0.6 is 0 Å². The Hall–Kier alpha value is -2.41. The van der Waals surface area contributed by atoms with Crippen LogP contribution in [0.5, 0.6) is 5.75 Å². The zero-order valence-corrected chi connectivity index (χ0v) is 14.6. The number of piperidine rings is 1. The molecule has 0 spiro atoms. The fraction of sp³-hybridized carbons (Fsp3) is 0.500. The Balaban J connectivity index is 1.63. The maximum Gasteiger partial charge on any atom is 0.310 e. The first-order valence-corrected chi connectivity index (χ1v) is 8.55. The summed E-state index contributed by atoms with van der Waals surface area (Å²) in [5, 5.41) is 4.05. The van der Waals surface area contributed by atoms with Crippen molar-refractivity contribution in [1.82, 2.24) is 15.0 Å². The number of carbonyl (C=O) groups is 1. The Morgan fingerprint density at radius 2 is 2.32 bits per heavy atom. The molecule has 7 nitrogen and oxygen atoms in total. The van der Waals surface area contributed by atoms with Crippen LogP contribution in [0.15, 0.2) is 28.8 Å². The smallest absolute Gasteiger partial charge is 0.310 e. The Morgan fingerprint density at radius 1 is 1.44 bits per heavy atom. The second-order valence-corrected chi connectivity index (χ2v) is 6.07. The van der Waals surface area contributed by atoms with Crippen LogP contribution in [0.4, 0.5) is 0 Å². The van der Waals surface area contributed by atoms with Gasteiger partial charge in [-0.3, -0.25) is 9.69 Å². The number of methoxy groups -OCH3 is 1. The SMILES string of the molecule is CCOC(=O)C1CCCN(Cc2nc(-c3cccc(OC)c3)no2)C1. The van der Waals surface area contributed by atoms with Crippen molar-refractivity contribution in [2.45, 2.75) is 26.3 Å². The topological polar surface area (TPSA) is 77.7 Å². The minimum atomic E-state index is -0.116. The molecule has 0 radical (unpaired) electrons. The van der Waals surface area contributed by atoms with E-state index in [0.29, 0.717) is 31.4 Å². The highest BCUT2D eigenvalue weighted by Crippen LogP contribution is 2.23. The Bertz CT molecular complexity index is 716. The van der Waals surface area contributed by atoms with Gasteiger partial charge in [-0.1, -0.05) is 17.3 Å². The average Bonchev–Trinajstić information content (AvgIpc) is 3.11. The van der Waals surface area contributed by atoms with Crippen LogP contribution in [0.1, 0.15) is 25.7 Å². The van der Waals surface area contributed by atoms with Gasteiger partial charge in [0.1, 0.15) is 5.75 Å². The second-order valence-electron chi connectivity index (χ2n) is 6.07. The fourth-order valence-corrected chi connectivity index (χ4v) is 3.04. The Morgan fingerprint density at radius 3 is 3.12 bits per heavy atom. The van der Waals surface area contributed by atoms with Crippen molar-refractivity contribution in [3.8, 4) is 17.1 Å². The lowest BCUT2D eigenvalue weighted by Gasteiger charge is -2.30. The lowest BCUT2D eigenvalue weighted by molar-refractivity contribution is -0.150. The number of likely N-dealkylation sites (tertiary alicyclic amines) is 1. The molecule has 0 amide bonds. The molecular weight excluding hydrogens is 322 g/mol. The highest BCUT2D eigenvalue weighted by Gasteiger charge is 2.27. The zero-order chi connectivity index (χ0) is 17.6. The first-order chi connectivity index (χ1) is 12.2. The molecule has 0 N–H and O–H groups in total. The van der Waals surface area contributed by atoms with E-state index in [9.17, 15) is 4.79 Å². The number of hydrogen-bond donors (Lipinski definition) is 0. The Labute approximate surface area is 146 Å². The molecule has 1 aromatic heterocycles. The predicted octanol–water partition coefficient (Wildman–Crippen LogP) is 2.52. The molecule has 1 aliphatic rings. The minimum absolute atomic E-state index is 0.0746. The first kappa shape index (κ1) is 17.4.